The molecule has 0 saturated carbocycles. The molecule has 106 valence electrons. The predicted octanol–water partition coefficient (Wildman–Crippen LogP) is 0.914. The smallest absolute Gasteiger partial charge is 0.274 e. The maximum Gasteiger partial charge on any atom is 0.274 e. The molecule has 0 aliphatic rings. The van der Waals surface area contributed by atoms with Gasteiger partial charge in [-0.2, -0.15) is 0 Å². The molecule has 0 aromatic carbocycles. The molecule has 0 aliphatic carbocycles. The number of rotatable bonds is 5. The van der Waals surface area contributed by atoms with Gasteiger partial charge in [0.25, 0.3) is 5.91 Å². The van der Waals surface area contributed by atoms with Gasteiger partial charge in [0.15, 0.2) is 0 Å². The summed E-state index contributed by atoms with van der Waals surface area (Å²) in [4.78, 5) is 26.3. The third-order valence-electron chi connectivity index (χ3n) is 2.86. The van der Waals surface area contributed by atoms with E-state index in [1.165, 1.54) is 6.20 Å². The summed E-state index contributed by atoms with van der Waals surface area (Å²) in [5.74, 6) is 1.24. The summed E-state index contributed by atoms with van der Waals surface area (Å²) in [6.45, 7) is 3.12. The van der Waals surface area contributed by atoms with Gasteiger partial charge in [-0.15, -0.1) is 0 Å². The van der Waals surface area contributed by atoms with E-state index in [2.05, 4.69) is 20.3 Å². The van der Waals surface area contributed by atoms with Crippen molar-refractivity contribution in [1.29, 1.82) is 0 Å². The topological polar surface area (TPSA) is 75.9 Å². The van der Waals surface area contributed by atoms with Gasteiger partial charge in [-0.3, -0.25) is 9.78 Å². The van der Waals surface area contributed by atoms with Crippen molar-refractivity contribution < 1.29 is 4.79 Å². The molecule has 1 N–H and O–H groups in total. The Hall–Kier alpha value is -2.44. The van der Waals surface area contributed by atoms with E-state index < -0.39 is 0 Å². The Labute approximate surface area is 117 Å². The molecule has 0 saturated heterocycles. The number of nitrogens with zero attached hydrogens (tertiary/aromatic N) is 5. The number of nitrogens with one attached hydrogen (secondary N) is 1. The van der Waals surface area contributed by atoms with Gasteiger partial charge in [0.2, 0.25) is 0 Å². The quantitative estimate of drug-likeness (QED) is 0.877. The minimum atomic E-state index is -0.180. The van der Waals surface area contributed by atoms with Gasteiger partial charge in [-0.05, 0) is 6.92 Å². The Bertz CT molecular complexity index is 594. The Morgan fingerprint density at radius 2 is 2.25 bits per heavy atom. The molecule has 20 heavy (non-hydrogen) atoms. The van der Waals surface area contributed by atoms with Gasteiger partial charge in [-0.25, -0.2) is 9.97 Å². The first-order chi connectivity index (χ1) is 9.61. The molecule has 7 nitrogen and oxygen atoms in total. The monoisotopic (exact) mass is 274 g/mol. The Morgan fingerprint density at radius 1 is 1.45 bits per heavy atom. The van der Waals surface area contributed by atoms with Crippen LogP contribution in [-0.2, 0) is 13.6 Å². The molecular formula is C13H18N6O. The summed E-state index contributed by atoms with van der Waals surface area (Å²) >= 11 is 0. The van der Waals surface area contributed by atoms with Crippen molar-refractivity contribution in [1.82, 2.24) is 24.4 Å². The second kappa shape index (κ2) is 6.14. The van der Waals surface area contributed by atoms with Crippen LogP contribution in [0.2, 0.25) is 0 Å². The molecule has 0 spiro atoms. The number of amides is 1. The van der Waals surface area contributed by atoms with Crippen molar-refractivity contribution >= 4 is 11.7 Å². The van der Waals surface area contributed by atoms with E-state index in [0.29, 0.717) is 18.1 Å². The second-order valence-electron chi connectivity index (χ2n) is 4.44. The van der Waals surface area contributed by atoms with Crippen LogP contribution in [0.25, 0.3) is 0 Å². The van der Waals surface area contributed by atoms with Gasteiger partial charge in [0, 0.05) is 33.0 Å². The van der Waals surface area contributed by atoms with E-state index in [4.69, 9.17) is 0 Å². The number of aryl methyl sites for hydroxylation is 1. The van der Waals surface area contributed by atoms with Gasteiger partial charge in [0.1, 0.15) is 17.3 Å². The van der Waals surface area contributed by atoms with Crippen LogP contribution in [0.5, 0.6) is 0 Å². The highest BCUT2D eigenvalue weighted by atomic mass is 16.2. The Morgan fingerprint density at radius 3 is 2.90 bits per heavy atom. The zero-order valence-corrected chi connectivity index (χ0v) is 11.9. The molecule has 0 atom stereocenters. The molecule has 2 heterocycles. The minimum Gasteiger partial charge on any atom is -0.369 e. The van der Waals surface area contributed by atoms with Gasteiger partial charge >= 0.3 is 0 Å². The highest BCUT2D eigenvalue weighted by Crippen LogP contribution is 2.07. The molecule has 1 amide bonds. The standard InChI is InChI=1S/C13H18N6O/c1-4-15-11-8-14-7-10(17-11)13(20)19(3)9-12-16-5-6-18(12)2/h5-8H,4,9H2,1-3H3,(H,15,17). The fourth-order valence-corrected chi connectivity index (χ4v) is 1.76. The zero-order valence-electron chi connectivity index (χ0n) is 11.9. The van der Waals surface area contributed by atoms with Crippen molar-refractivity contribution in [3.63, 3.8) is 0 Å². The third kappa shape index (κ3) is 3.11. The molecule has 0 unspecified atom stereocenters. The first-order valence-corrected chi connectivity index (χ1v) is 6.39. The minimum absolute atomic E-state index is 0.180. The summed E-state index contributed by atoms with van der Waals surface area (Å²) in [6, 6.07) is 0. The number of hydrogen-bond acceptors (Lipinski definition) is 5. The fraction of sp³-hybridized carbons (Fsp3) is 0.385. The van der Waals surface area contributed by atoms with Gasteiger partial charge in [0.05, 0.1) is 18.9 Å². The normalized spacial score (nSPS) is 10.3. The second-order valence-corrected chi connectivity index (χ2v) is 4.44. The lowest BCUT2D eigenvalue weighted by molar-refractivity contribution is 0.0774. The highest BCUT2D eigenvalue weighted by Gasteiger charge is 2.16. The summed E-state index contributed by atoms with van der Waals surface area (Å²) in [6.07, 6.45) is 6.62. The van der Waals surface area contributed by atoms with E-state index >= 15 is 0 Å². The first-order valence-electron chi connectivity index (χ1n) is 6.39. The van der Waals surface area contributed by atoms with Crippen LogP contribution >= 0.6 is 0 Å². The molecule has 0 aliphatic heterocycles. The SMILES string of the molecule is CCNc1cncc(C(=O)N(C)Cc2nccn2C)n1. The van der Waals surface area contributed by atoms with E-state index in [1.807, 2.05) is 24.7 Å². The lowest BCUT2D eigenvalue weighted by Crippen LogP contribution is -2.28. The first kappa shape index (κ1) is 14.0. The molecule has 2 rings (SSSR count). The van der Waals surface area contributed by atoms with Crippen molar-refractivity contribution in [2.45, 2.75) is 13.5 Å². The molecule has 0 fully saturated rings. The average molecular weight is 274 g/mol. The van der Waals surface area contributed by atoms with Crippen LogP contribution in [0, 0.1) is 0 Å². The van der Waals surface area contributed by atoms with Crippen molar-refractivity contribution in [3.8, 4) is 0 Å². The van der Waals surface area contributed by atoms with Crippen LogP contribution in [-0.4, -0.2) is 43.9 Å². The van der Waals surface area contributed by atoms with Gasteiger partial charge in [-0.1, -0.05) is 0 Å². The lowest BCUT2D eigenvalue weighted by Gasteiger charge is -2.16. The van der Waals surface area contributed by atoms with Crippen molar-refractivity contribution in [2.75, 3.05) is 18.9 Å². The van der Waals surface area contributed by atoms with Crippen molar-refractivity contribution in [3.05, 3.63) is 36.3 Å². The Balaban J connectivity index is 2.10. The number of hydrogen-bond donors (Lipinski definition) is 1. The Kier molecular flexibility index (Phi) is 4.29. The molecule has 2 aromatic heterocycles. The van der Waals surface area contributed by atoms with Crippen LogP contribution in [0.1, 0.15) is 23.2 Å². The molecule has 2 aromatic rings. The lowest BCUT2D eigenvalue weighted by atomic mass is 10.3. The summed E-state index contributed by atoms with van der Waals surface area (Å²) in [7, 11) is 3.62. The highest BCUT2D eigenvalue weighted by molar-refractivity contribution is 5.92. The van der Waals surface area contributed by atoms with E-state index in [0.717, 1.165) is 12.4 Å². The number of aromatic nitrogens is 4. The molecule has 7 heteroatoms. The maximum atomic E-state index is 12.3. The summed E-state index contributed by atoms with van der Waals surface area (Å²) in [5, 5.41) is 3.04. The van der Waals surface area contributed by atoms with Crippen LogP contribution in [0.4, 0.5) is 5.82 Å². The predicted molar refractivity (Wildman–Crippen MR) is 75.2 cm³/mol. The molecule has 0 radical (unpaired) electrons. The van der Waals surface area contributed by atoms with Crippen LogP contribution in [0.15, 0.2) is 24.8 Å². The fourth-order valence-electron chi connectivity index (χ4n) is 1.76. The van der Waals surface area contributed by atoms with Crippen molar-refractivity contribution in [2.24, 2.45) is 7.05 Å². The summed E-state index contributed by atoms with van der Waals surface area (Å²) in [5.41, 5.74) is 0.320. The maximum absolute atomic E-state index is 12.3. The number of carbonyl (C=O) groups excluding carboxylic acids is 1. The number of carbonyl (C=O) groups is 1. The van der Waals surface area contributed by atoms with E-state index in [-0.39, 0.29) is 5.91 Å². The average Bonchev–Trinajstić information content (AvgIpc) is 2.84. The molecular weight excluding hydrogens is 256 g/mol. The van der Waals surface area contributed by atoms with Crippen LogP contribution in [0.3, 0.4) is 0 Å². The van der Waals surface area contributed by atoms with E-state index in [1.54, 1.807) is 24.3 Å². The van der Waals surface area contributed by atoms with Gasteiger partial charge < -0.3 is 14.8 Å². The summed E-state index contributed by atoms with van der Waals surface area (Å²) < 4.78 is 1.88. The zero-order chi connectivity index (χ0) is 14.5. The third-order valence-corrected chi connectivity index (χ3v) is 2.86. The largest absolute Gasteiger partial charge is 0.369 e. The van der Waals surface area contributed by atoms with Crippen LogP contribution < -0.4 is 5.32 Å². The number of anilines is 1. The molecule has 0 bridgehead atoms. The van der Waals surface area contributed by atoms with E-state index in [9.17, 15) is 4.79 Å². The number of imidazole rings is 1.